The molecule has 0 bridgehead atoms. The molecule has 0 saturated heterocycles. The SMILES string of the molecule is CCOC(=O)c1c[nH]n2c(=O)c(Cc3ccc(Cl)cc3)c(C)nc12. The van der Waals surface area contributed by atoms with Gasteiger partial charge in [-0.15, -0.1) is 0 Å². The van der Waals surface area contributed by atoms with Crippen LogP contribution in [0, 0.1) is 6.92 Å². The number of H-pyrrole nitrogens is 1. The second kappa shape index (κ2) is 6.49. The minimum absolute atomic E-state index is 0.233. The van der Waals surface area contributed by atoms with Gasteiger partial charge in [0.15, 0.2) is 5.65 Å². The summed E-state index contributed by atoms with van der Waals surface area (Å²) < 4.78 is 6.25. The van der Waals surface area contributed by atoms with Gasteiger partial charge < -0.3 is 4.74 Å². The Bertz CT molecular complexity index is 958. The van der Waals surface area contributed by atoms with Crippen LogP contribution in [0.3, 0.4) is 0 Å². The van der Waals surface area contributed by atoms with Gasteiger partial charge in [-0.25, -0.2) is 14.3 Å². The number of halogens is 1. The topological polar surface area (TPSA) is 76.5 Å². The molecule has 0 radical (unpaired) electrons. The molecule has 0 spiro atoms. The molecule has 1 N–H and O–H groups in total. The molecule has 0 atom stereocenters. The summed E-state index contributed by atoms with van der Waals surface area (Å²) in [6.07, 6.45) is 1.87. The second-order valence-corrected chi connectivity index (χ2v) is 5.79. The van der Waals surface area contributed by atoms with Crippen molar-refractivity contribution in [2.75, 3.05) is 6.61 Å². The molecule has 124 valence electrons. The molecule has 3 aromatic rings. The molecule has 3 rings (SSSR count). The Morgan fingerprint density at radius 3 is 2.71 bits per heavy atom. The zero-order chi connectivity index (χ0) is 17.3. The van der Waals surface area contributed by atoms with Crippen LogP contribution in [0.5, 0.6) is 0 Å². The predicted octanol–water partition coefficient (Wildman–Crippen LogP) is 2.75. The smallest absolute Gasteiger partial charge is 0.343 e. The fourth-order valence-corrected chi connectivity index (χ4v) is 2.65. The minimum Gasteiger partial charge on any atom is -0.462 e. The van der Waals surface area contributed by atoms with E-state index in [2.05, 4.69) is 10.1 Å². The molecule has 2 aromatic heterocycles. The summed E-state index contributed by atoms with van der Waals surface area (Å²) in [5.74, 6) is -0.506. The lowest BCUT2D eigenvalue weighted by Crippen LogP contribution is -2.22. The number of nitrogens with one attached hydrogen (secondary N) is 1. The summed E-state index contributed by atoms with van der Waals surface area (Å²) in [5, 5.41) is 3.42. The lowest BCUT2D eigenvalue weighted by atomic mass is 10.1. The summed E-state index contributed by atoms with van der Waals surface area (Å²) in [4.78, 5) is 29.1. The van der Waals surface area contributed by atoms with Gasteiger partial charge in [0.2, 0.25) is 0 Å². The van der Waals surface area contributed by atoms with Crippen molar-refractivity contribution in [3.05, 3.63) is 68.2 Å². The molecule has 0 fully saturated rings. The van der Waals surface area contributed by atoms with E-state index in [4.69, 9.17) is 16.3 Å². The van der Waals surface area contributed by atoms with Gasteiger partial charge in [0.05, 0.1) is 6.61 Å². The summed E-state index contributed by atoms with van der Waals surface area (Å²) in [7, 11) is 0. The first-order valence-electron chi connectivity index (χ1n) is 7.52. The van der Waals surface area contributed by atoms with Crippen molar-refractivity contribution < 1.29 is 9.53 Å². The molecule has 2 heterocycles. The maximum atomic E-state index is 12.7. The van der Waals surface area contributed by atoms with Gasteiger partial charge >= 0.3 is 5.97 Å². The number of fused-ring (bicyclic) bond motifs is 1. The van der Waals surface area contributed by atoms with Crippen LogP contribution in [0.2, 0.25) is 5.02 Å². The highest BCUT2D eigenvalue weighted by Crippen LogP contribution is 2.15. The summed E-state index contributed by atoms with van der Waals surface area (Å²) >= 11 is 5.89. The molecule has 0 unspecified atom stereocenters. The standard InChI is InChI=1S/C17H16ClN3O3/c1-3-24-17(23)14-9-19-21-15(14)20-10(2)13(16(21)22)8-11-4-6-12(18)7-5-11/h4-7,9,19H,3,8H2,1-2H3. The van der Waals surface area contributed by atoms with Crippen molar-refractivity contribution >= 4 is 23.2 Å². The van der Waals surface area contributed by atoms with Gasteiger partial charge in [-0.1, -0.05) is 23.7 Å². The number of hydrogen-bond acceptors (Lipinski definition) is 4. The first-order chi connectivity index (χ1) is 11.5. The number of rotatable bonds is 4. The van der Waals surface area contributed by atoms with Crippen molar-refractivity contribution in [2.24, 2.45) is 0 Å². The first-order valence-corrected chi connectivity index (χ1v) is 7.90. The van der Waals surface area contributed by atoms with E-state index in [1.807, 2.05) is 12.1 Å². The van der Waals surface area contributed by atoms with E-state index in [1.54, 1.807) is 26.0 Å². The number of aromatic amines is 1. The molecular weight excluding hydrogens is 330 g/mol. The normalized spacial score (nSPS) is 11.0. The fraction of sp³-hybridized carbons (Fsp3) is 0.235. The average molecular weight is 346 g/mol. The zero-order valence-electron chi connectivity index (χ0n) is 13.3. The van der Waals surface area contributed by atoms with E-state index in [9.17, 15) is 9.59 Å². The van der Waals surface area contributed by atoms with E-state index in [0.29, 0.717) is 22.7 Å². The van der Waals surface area contributed by atoms with Crippen LogP contribution in [0.1, 0.15) is 34.1 Å². The van der Waals surface area contributed by atoms with Crippen LogP contribution in [-0.4, -0.2) is 27.2 Å². The summed E-state index contributed by atoms with van der Waals surface area (Å²) in [6, 6.07) is 7.30. The third kappa shape index (κ3) is 2.92. The zero-order valence-corrected chi connectivity index (χ0v) is 14.1. The number of carbonyl (C=O) groups is 1. The van der Waals surface area contributed by atoms with Gasteiger partial charge in [0, 0.05) is 28.9 Å². The number of hydrogen-bond donors (Lipinski definition) is 1. The number of aromatic nitrogens is 3. The van der Waals surface area contributed by atoms with Crippen LogP contribution < -0.4 is 5.56 Å². The Hall–Kier alpha value is -2.60. The molecule has 24 heavy (non-hydrogen) atoms. The molecule has 0 aliphatic rings. The quantitative estimate of drug-likeness (QED) is 0.738. The first kappa shape index (κ1) is 16.3. The minimum atomic E-state index is -0.506. The van der Waals surface area contributed by atoms with Gasteiger partial charge in [-0.2, -0.15) is 0 Å². The highest BCUT2D eigenvalue weighted by atomic mass is 35.5. The van der Waals surface area contributed by atoms with Crippen molar-refractivity contribution in [3.8, 4) is 0 Å². The fourth-order valence-electron chi connectivity index (χ4n) is 2.53. The van der Waals surface area contributed by atoms with E-state index in [1.165, 1.54) is 10.7 Å². The van der Waals surface area contributed by atoms with Gasteiger partial charge in [0.25, 0.3) is 5.56 Å². The molecular formula is C17H16ClN3O3. The van der Waals surface area contributed by atoms with Gasteiger partial charge in [0.1, 0.15) is 5.56 Å². The number of aryl methyl sites for hydroxylation is 1. The predicted molar refractivity (Wildman–Crippen MR) is 90.8 cm³/mol. The molecule has 0 saturated carbocycles. The maximum Gasteiger partial charge on any atom is 0.343 e. The molecule has 0 aliphatic carbocycles. The van der Waals surface area contributed by atoms with E-state index in [0.717, 1.165) is 5.56 Å². The summed E-state index contributed by atoms with van der Waals surface area (Å²) in [6.45, 7) is 3.74. The monoisotopic (exact) mass is 345 g/mol. The number of esters is 1. The van der Waals surface area contributed by atoms with Crippen LogP contribution in [0.4, 0.5) is 0 Å². The lowest BCUT2D eigenvalue weighted by Gasteiger charge is -2.06. The van der Waals surface area contributed by atoms with E-state index in [-0.39, 0.29) is 23.4 Å². The van der Waals surface area contributed by atoms with Crippen molar-refractivity contribution in [1.29, 1.82) is 0 Å². The third-order valence-electron chi connectivity index (χ3n) is 3.75. The van der Waals surface area contributed by atoms with E-state index >= 15 is 0 Å². The Morgan fingerprint density at radius 1 is 1.33 bits per heavy atom. The van der Waals surface area contributed by atoms with Crippen LogP contribution in [0.15, 0.2) is 35.3 Å². The second-order valence-electron chi connectivity index (χ2n) is 5.35. The van der Waals surface area contributed by atoms with Gasteiger partial charge in [-0.05, 0) is 31.5 Å². The number of ether oxygens (including phenoxy) is 1. The van der Waals surface area contributed by atoms with E-state index < -0.39 is 5.97 Å². The Labute approximate surface area is 143 Å². The van der Waals surface area contributed by atoms with Gasteiger partial charge in [-0.3, -0.25) is 9.89 Å². The maximum absolute atomic E-state index is 12.7. The van der Waals surface area contributed by atoms with Crippen molar-refractivity contribution in [3.63, 3.8) is 0 Å². The molecule has 0 aliphatic heterocycles. The highest BCUT2D eigenvalue weighted by Gasteiger charge is 2.18. The molecule has 7 heteroatoms. The largest absolute Gasteiger partial charge is 0.462 e. The molecule has 6 nitrogen and oxygen atoms in total. The Balaban J connectivity index is 2.06. The molecule has 1 aromatic carbocycles. The number of carbonyl (C=O) groups excluding carboxylic acids is 1. The van der Waals surface area contributed by atoms with Crippen molar-refractivity contribution in [2.45, 2.75) is 20.3 Å². The highest BCUT2D eigenvalue weighted by molar-refractivity contribution is 6.30. The van der Waals surface area contributed by atoms with Crippen molar-refractivity contribution in [1.82, 2.24) is 14.6 Å². The number of nitrogens with zero attached hydrogens (tertiary/aromatic N) is 2. The van der Waals surface area contributed by atoms with Crippen LogP contribution in [-0.2, 0) is 11.2 Å². The van der Waals surface area contributed by atoms with Crippen LogP contribution in [0.25, 0.3) is 5.65 Å². The average Bonchev–Trinajstić information content (AvgIpc) is 2.97. The summed E-state index contributed by atoms with van der Waals surface area (Å²) in [5.41, 5.74) is 2.39. The Morgan fingerprint density at radius 2 is 2.04 bits per heavy atom. The number of benzene rings is 1. The van der Waals surface area contributed by atoms with Crippen LogP contribution >= 0.6 is 11.6 Å². The third-order valence-corrected chi connectivity index (χ3v) is 4.00. The molecule has 0 amide bonds. The Kier molecular flexibility index (Phi) is 4.40. The lowest BCUT2D eigenvalue weighted by molar-refractivity contribution is 0.0528.